The summed E-state index contributed by atoms with van der Waals surface area (Å²) in [5, 5.41) is 14.7. The molecule has 5 aromatic rings. The largest absolute Gasteiger partial charge is 0.325 e. The molecule has 5 rings (SSSR count). The molecule has 0 spiro atoms. The molecular formula is C28H23N4O3S+. The van der Waals surface area contributed by atoms with Crippen LogP contribution in [0, 0.1) is 10.1 Å². The number of hydrogen-bond acceptors (Lipinski definition) is 4. The van der Waals surface area contributed by atoms with E-state index in [9.17, 15) is 14.9 Å². The summed E-state index contributed by atoms with van der Waals surface area (Å²) in [6, 6.07) is 32.2. The number of nitro benzene ring substituents is 1. The molecule has 8 heteroatoms. The Morgan fingerprint density at radius 2 is 1.50 bits per heavy atom. The number of carbonyl (C=O) groups excluding carboxylic acids is 1. The van der Waals surface area contributed by atoms with Crippen LogP contribution in [-0.4, -0.2) is 21.6 Å². The number of nitrogens with one attached hydrogen (secondary N) is 2. The van der Waals surface area contributed by atoms with Gasteiger partial charge in [-0.05, 0) is 64.9 Å². The summed E-state index contributed by atoms with van der Waals surface area (Å²) in [6.45, 7) is 0.707. The highest BCUT2D eigenvalue weighted by atomic mass is 32.2. The van der Waals surface area contributed by atoms with Gasteiger partial charge in [-0.3, -0.25) is 14.9 Å². The van der Waals surface area contributed by atoms with Gasteiger partial charge < -0.3 is 5.32 Å². The van der Waals surface area contributed by atoms with Gasteiger partial charge in [-0.2, -0.15) is 0 Å². The second kappa shape index (κ2) is 10.5. The number of aromatic amines is 1. The Morgan fingerprint density at radius 1 is 0.861 bits per heavy atom. The van der Waals surface area contributed by atoms with Crippen LogP contribution in [0.4, 0.5) is 11.4 Å². The van der Waals surface area contributed by atoms with Gasteiger partial charge in [0, 0.05) is 17.8 Å². The standard InChI is InChI=1S/C28H22N4O3S/c33-27(29-23-14-10-21(11-15-23)22-12-16-24(17-13-22)32(34)35)19-36-28-30-25-8-4-5-9-26(25)31(28)18-20-6-2-1-3-7-20/h1-17H,18-19H2,(H,29,33)/p+1. The number of H-pyrrole nitrogens is 1. The molecule has 4 aromatic carbocycles. The summed E-state index contributed by atoms with van der Waals surface area (Å²) in [4.78, 5) is 26.6. The number of aromatic nitrogens is 2. The lowest BCUT2D eigenvalue weighted by molar-refractivity contribution is -0.700. The maximum atomic E-state index is 12.7. The number of amides is 1. The van der Waals surface area contributed by atoms with Crippen LogP contribution in [0.1, 0.15) is 5.56 Å². The molecule has 0 aliphatic carbocycles. The van der Waals surface area contributed by atoms with Crippen molar-refractivity contribution < 1.29 is 14.3 Å². The lowest BCUT2D eigenvalue weighted by Gasteiger charge is -2.07. The fourth-order valence-corrected chi connectivity index (χ4v) is 4.84. The first-order valence-electron chi connectivity index (χ1n) is 11.4. The zero-order valence-electron chi connectivity index (χ0n) is 19.3. The van der Waals surface area contributed by atoms with Crippen molar-refractivity contribution >= 4 is 40.1 Å². The molecule has 0 unspecified atom stereocenters. The fourth-order valence-electron chi connectivity index (χ4n) is 4.00. The number of para-hydroxylation sites is 2. The molecule has 1 amide bonds. The molecule has 0 bridgehead atoms. The quantitative estimate of drug-likeness (QED) is 0.123. The molecule has 0 aliphatic heterocycles. The second-order valence-corrected chi connectivity index (χ2v) is 9.20. The molecule has 1 heterocycles. The lowest BCUT2D eigenvalue weighted by atomic mass is 10.1. The molecule has 0 fully saturated rings. The van der Waals surface area contributed by atoms with Crippen LogP contribution in [0.2, 0.25) is 0 Å². The first-order valence-corrected chi connectivity index (χ1v) is 12.4. The number of benzene rings is 4. The van der Waals surface area contributed by atoms with Gasteiger partial charge in [0.15, 0.2) is 11.0 Å². The molecule has 36 heavy (non-hydrogen) atoms. The minimum atomic E-state index is -0.417. The average molecular weight is 496 g/mol. The fraction of sp³-hybridized carbons (Fsp3) is 0.0714. The number of anilines is 1. The van der Waals surface area contributed by atoms with E-state index in [2.05, 4.69) is 33.1 Å². The molecule has 7 nitrogen and oxygen atoms in total. The first kappa shape index (κ1) is 23.3. The summed E-state index contributed by atoms with van der Waals surface area (Å²) >= 11 is 1.46. The van der Waals surface area contributed by atoms with Crippen LogP contribution < -0.4 is 9.88 Å². The van der Waals surface area contributed by atoms with Gasteiger partial charge in [0.25, 0.3) is 5.69 Å². The van der Waals surface area contributed by atoms with Crippen molar-refractivity contribution in [3.63, 3.8) is 0 Å². The average Bonchev–Trinajstić information content (AvgIpc) is 3.26. The molecule has 1 aromatic heterocycles. The Bertz CT molecular complexity index is 1510. The Kier molecular flexibility index (Phi) is 6.77. The topological polar surface area (TPSA) is 91.9 Å². The van der Waals surface area contributed by atoms with Crippen molar-refractivity contribution in [1.29, 1.82) is 0 Å². The zero-order valence-corrected chi connectivity index (χ0v) is 20.1. The van der Waals surface area contributed by atoms with Gasteiger partial charge in [0.05, 0.1) is 10.7 Å². The van der Waals surface area contributed by atoms with E-state index in [0.29, 0.717) is 12.2 Å². The smallest absolute Gasteiger partial charge is 0.317 e. The number of carbonyl (C=O) groups is 1. The van der Waals surface area contributed by atoms with Crippen molar-refractivity contribution in [1.82, 2.24) is 4.98 Å². The Balaban J connectivity index is 1.25. The number of non-ortho nitro benzene ring substituents is 1. The second-order valence-electron chi connectivity index (χ2n) is 8.24. The molecule has 0 saturated heterocycles. The van der Waals surface area contributed by atoms with E-state index in [4.69, 9.17) is 0 Å². The minimum absolute atomic E-state index is 0.0557. The van der Waals surface area contributed by atoms with E-state index in [0.717, 1.165) is 27.3 Å². The molecular weight excluding hydrogens is 472 g/mol. The number of thioether (sulfide) groups is 1. The highest BCUT2D eigenvalue weighted by Gasteiger charge is 2.20. The third-order valence-electron chi connectivity index (χ3n) is 5.79. The summed E-state index contributed by atoms with van der Waals surface area (Å²) in [5.74, 6) is 0.152. The highest BCUT2D eigenvalue weighted by molar-refractivity contribution is 7.99. The van der Waals surface area contributed by atoms with Crippen molar-refractivity contribution in [2.24, 2.45) is 0 Å². The van der Waals surface area contributed by atoms with E-state index in [-0.39, 0.29) is 17.3 Å². The van der Waals surface area contributed by atoms with Crippen LogP contribution in [-0.2, 0) is 11.3 Å². The minimum Gasteiger partial charge on any atom is -0.325 e. The van der Waals surface area contributed by atoms with Gasteiger partial charge in [-0.15, -0.1) is 0 Å². The first-order chi connectivity index (χ1) is 17.6. The normalized spacial score (nSPS) is 10.9. The van der Waals surface area contributed by atoms with Crippen LogP contribution in [0.15, 0.2) is 108 Å². The highest BCUT2D eigenvalue weighted by Crippen LogP contribution is 2.24. The molecule has 0 aliphatic rings. The van der Waals surface area contributed by atoms with Crippen molar-refractivity contribution in [3.05, 3.63) is 119 Å². The Hall–Kier alpha value is -4.43. The molecule has 2 N–H and O–H groups in total. The monoisotopic (exact) mass is 495 g/mol. The maximum Gasteiger partial charge on any atom is 0.317 e. The van der Waals surface area contributed by atoms with Crippen molar-refractivity contribution in [3.8, 4) is 11.1 Å². The third-order valence-corrected chi connectivity index (χ3v) is 6.79. The van der Waals surface area contributed by atoms with Crippen LogP contribution in [0.5, 0.6) is 0 Å². The SMILES string of the molecule is O=C(CSc1[nH]c2ccccc2[n+]1Cc1ccccc1)Nc1ccc(-c2ccc([N+](=O)[O-])cc2)cc1. The van der Waals surface area contributed by atoms with Gasteiger partial charge in [0.1, 0.15) is 6.54 Å². The number of nitrogens with zero attached hydrogens (tertiary/aromatic N) is 2. The number of nitro groups is 1. The van der Waals surface area contributed by atoms with Crippen LogP contribution in [0.25, 0.3) is 22.2 Å². The number of hydrogen-bond donors (Lipinski definition) is 2. The number of imidazole rings is 1. The van der Waals surface area contributed by atoms with Crippen LogP contribution in [0.3, 0.4) is 0 Å². The molecule has 0 saturated carbocycles. The third kappa shape index (κ3) is 5.29. The summed E-state index contributed by atoms with van der Waals surface area (Å²) < 4.78 is 2.20. The Morgan fingerprint density at radius 3 is 2.19 bits per heavy atom. The lowest BCUT2D eigenvalue weighted by Crippen LogP contribution is -2.35. The summed E-state index contributed by atoms with van der Waals surface area (Å²) in [6.07, 6.45) is 0. The van der Waals surface area contributed by atoms with E-state index in [1.165, 1.54) is 29.5 Å². The predicted molar refractivity (Wildman–Crippen MR) is 142 cm³/mol. The van der Waals surface area contributed by atoms with Gasteiger partial charge >= 0.3 is 5.16 Å². The summed E-state index contributed by atoms with van der Waals surface area (Å²) in [7, 11) is 0. The van der Waals surface area contributed by atoms with E-state index >= 15 is 0 Å². The van der Waals surface area contributed by atoms with E-state index < -0.39 is 4.92 Å². The molecule has 0 atom stereocenters. The Labute approximate surface area is 212 Å². The number of fused-ring (bicyclic) bond motifs is 1. The van der Waals surface area contributed by atoms with Crippen LogP contribution >= 0.6 is 11.8 Å². The van der Waals surface area contributed by atoms with E-state index in [1.54, 1.807) is 12.1 Å². The predicted octanol–water partition coefficient (Wildman–Crippen LogP) is 5.81. The number of rotatable bonds is 8. The van der Waals surface area contributed by atoms with Crippen molar-refractivity contribution in [2.45, 2.75) is 11.7 Å². The summed E-state index contributed by atoms with van der Waals surface area (Å²) in [5.41, 5.74) is 5.84. The van der Waals surface area contributed by atoms with Gasteiger partial charge in [-0.1, -0.05) is 54.6 Å². The maximum absolute atomic E-state index is 12.7. The van der Waals surface area contributed by atoms with E-state index in [1.807, 2.05) is 60.7 Å². The molecule has 0 radical (unpaired) electrons. The zero-order chi connectivity index (χ0) is 24.9. The van der Waals surface area contributed by atoms with Crippen molar-refractivity contribution in [2.75, 3.05) is 11.1 Å². The van der Waals surface area contributed by atoms with Gasteiger partial charge in [-0.25, -0.2) is 9.55 Å². The van der Waals surface area contributed by atoms with Gasteiger partial charge in [0.2, 0.25) is 5.91 Å². The molecule has 178 valence electrons.